The van der Waals surface area contributed by atoms with Crippen LogP contribution in [0.1, 0.15) is 36.5 Å². The lowest BCUT2D eigenvalue weighted by atomic mass is 9.89. The second-order valence-corrected chi connectivity index (χ2v) is 7.48. The fourth-order valence-electron chi connectivity index (χ4n) is 3.10. The summed E-state index contributed by atoms with van der Waals surface area (Å²) in [5.41, 5.74) is 7.10. The highest BCUT2D eigenvalue weighted by Crippen LogP contribution is 2.34. The van der Waals surface area contributed by atoms with E-state index in [0.29, 0.717) is 5.92 Å². The van der Waals surface area contributed by atoms with E-state index in [9.17, 15) is 0 Å². The van der Waals surface area contributed by atoms with Gasteiger partial charge in [0.25, 0.3) is 0 Å². The molecule has 0 aliphatic heterocycles. The van der Waals surface area contributed by atoms with E-state index in [1.54, 1.807) is 0 Å². The van der Waals surface area contributed by atoms with Crippen molar-refractivity contribution in [2.75, 3.05) is 14.1 Å². The molecule has 132 valence electrons. The van der Waals surface area contributed by atoms with E-state index in [4.69, 9.17) is 11.6 Å². The Morgan fingerprint density at radius 3 is 2.00 bits per heavy atom. The summed E-state index contributed by atoms with van der Waals surface area (Å²) < 4.78 is 2.11. The molecule has 0 aromatic heterocycles. The summed E-state index contributed by atoms with van der Waals surface area (Å²) in [6, 6.07) is 16.9. The van der Waals surface area contributed by atoms with Crippen LogP contribution in [0.4, 0.5) is 0 Å². The molecule has 0 N–H and O–H groups in total. The quantitative estimate of drug-likeness (QED) is 0.580. The second kappa shape index (κ2) is 7.88. The van der Waals surface area contributed by atoms with Gasteiger partial charge in [-0.25, -0.2) is 4.58 Å². The SMILES string of the molecule is CC(C)c1ccc(C(=C2C=CC(=[N+](C)C)C=C2)c2ccccc2Cl)cc1. The molecule has 0 saturated carbocycles. The number of nitrogens with zero attached hydrogens (tertiary/aromatic N) is 1. The summed E-state index contributed by atoms with van der Waals surface area (Å²) in [4.78, 5) is 0. The average molecular weight is 363 g/mol. The monoisotopic (exact) mass is 362 g/mol. The molecular formula is C24H25ClN+. The largest absolute Gasteiger partial charge is 0.235 e. The Morgan fingerprint density at radius 1 is 0.846 bits per heavy atom. The van der Waals surface area contributed by atoms with Gasteiger partial charge in [0, 0.05) is 22.7 Å². The van der Waals surface area contributed by atoms with Crippen LogP contribution in [-0.2, 0) is 0 Å². The van der Waals surface area contributed by atoms with E-state index >= 15 is 0 Å². The van der Waals surface area contributed by atoms with Crippen LogP contribution in [0.2, 0.25) is 5.02 Å². The molecule has 26 heavy (non-hydrogen) atoms. The molecule has 0 atom stereocenters. The highest BCUT2D eigenvalue weighted by Gasteiger charge is 2.15. The van der Waals surface area contributed by atoms with Gasteiger partial charge in [0.1, 0.15) is 14.1 Å². The summed E-state index contributed by atoms with van der Waals surface area (Å²) >= 11 is 6.55. The summed E-state index contributed by atoms with van der Waals surface area (Å²) in [6.45, 7) is 4.43. The lowest BCUT2D eigenvalue weighted by Crippen LogP contribution is -2.10. The average Bonchev–Trinajstić information content (AvgIpc) is 2.64. The second-order valence-electron chi connectivity index (χ2n) is 7.07. The van der Waals surface area contributed by atoms with Gasteiger partial charge in [-0.05, 0) is 46.4 Å². The van der Waals surface area contributed by atoms with Crippen molar-refractivity contribution in [2.24, 2.45) is 0 Å². The van der Waals surface area contributed by atoms with Gasteiger partial charge < -0.3 is 0 Å². The lowest BCUT2D eigenvalue weighted by molar-refractivity contribution is -0.462. The molecule has 1 nitrogen and oxygen atoms in total. The van der Waals surface area contributed by atoms with Crippen LogP contribution in [0.5, 0.6) is 0 Å². The van der Waals surface area contributed by atoms with Crippen LogP contribution < -0.4 is 0 Å². The minimum Gasteiger partial charge on any atom is -0.235 e. The first kappa shape index (κ1) is 18.4. The van der Waals surface area contributed by atoms with Gasteiger partial charge in [-0.3, -0.25) is 0 Å². The smallest absolute Gasteiger partial charge is 0.199 e. The van der Waals surface area contributed by atoms with E-state index in [0.717, 1.165) is 16.2 Å². The number of halogens is 1. The van der Waals surface area contributed by atoms with E-state index in [1.165, 1.54) is 22.4 Å². The van der Waals surface area contributed by atoms with E-state index < -0.39 is 0 Å². The minimum absolute atomic E-state index is 0.521. The Hall–Kier alpha value is -2.38. The number of benzene rings is 2. The molecule has 0 amide bonds. The van der Waals surface area contributed by atoms with Crippen LogP contribution in [-0.4, -0.2) is 24.4 Å². The van der Waals surface area contributed by atoms with Gasteiger partial charge >= 0.3 is 0 Å². The first-order valence-electron chi connectivity index (χ1n) is 8.97. The van der Waals surface area contributed by atoms with Gasteiger partial charge in [-0.15, -0.1) is 0 Å². The van der Waals surface area contributed by atoms with E-state index in [2.05, 4.69) is 87.2 Å². The minimum atomic E-state index is 0.521. The molecule has 3 rings (SSSR count). The topological polar surface area (TPSA) is 3.01 Å². The van der Waals surface area contributed by atoms with Crippen molar-refractivity contribution in [3.8, 4) is 0 Å². The molecule has 0 saturated heterocycles. The Labute approximate surface area is 161 Å². The molecule has 2 heteroatoms. The first-order valence-corrected chi connectivity index (χ1v) is 9.35. The molecule has 0 spiro atoms. The van der Waals surface area contributed by atoms with Gasteiger partial charge in [0.2, 0.25) is 0 Å². The highest BCUT2D eigenvalue weighted by molar-refractivity contribution is 6.32. The van der Waals surface area contributed by atoms with Crippen molar-refractivity contribution in [1.82, 2.24) is 0 Å². The van der Waals surface area contributed by atoms with Crippen LogP contribution in [0.15, 0.2) is 78.4 Å². The zero-order valence-corrected chi connectivity index (χ0v) is 16.6. The number of hydrogen-bond donors (Lipinski definition) is 0. The van der Waals surface area contributed by atoms with E-state index in [1.807, 2.05) is 18.2 Å². The zero-order valence-electron chi connectivity index (χ0n) is 15.8. The van der Waals surface area contributed by atoms with Crippen molar-refractivity contribution in [3.63, 3.8) is 0 Å². The molecule has 0 bridgehead atoms. The predicted octanol–water partition coefficient (Wildman–Crippen LogP) is 6.10. The number of hydrogen-bond acceptors (Lipinski definition) is 0. The predicted molar refractivity (Wildman–Crippen MR) is 113 cm³/mol. The summed E-state index contributed by atoms with van der Waals surface area (Å²) in [7, 11) is 4.11. The third kappa shape index (κ3) is 3.89. The molecular weight excluding hydrogens is 338 g/mol. The molecule has 2 aromatic carbocycles. The van der Waals surface area contributed by atoms with Crippen molar-refractivity contribution >= 4 is 22.9 Å². The number of allylic oxidation sites excluding steroid dienone is 5. The van der Waals surface area contributed by atoms with Crippen LogP contribution in [0.3, 0.4) is 0 Å². The van der Waals surface area contributed by atoms with E-state index in [-0.39, 0.29) is 0 Å². The Bertz CT molecular complexity index is 903. The molecule has 1 aliphatic carbocycles. The molecule has 2 aromatic rings. The Kier molecular flexibility index (Phi) is 5.58. The highest BCUT2D eigenvalue weighted by atomic mass is 35.5. The summed E-state index contributed by atoms with van der Waals surface area (Å²) in [5.74, 6) is 0.521. The Balaban J connectivity index is 2.17. The number of rotatable bonds is 3. The molecule has 0 heterocycles. The maximum atomic E-state index is 6.55. The lowest BCUT2D eigenvalue weighted by Gasteiger charge is -2.16. The third-order valence-electron chi connectivity index (χ3n) is 4.68. The maximum Gasteiger partial charge on any atom is 0.199 e. The van der Waals surface area contributed by atoms with Gasteiger partial charge in [-0.2, -0.15) is 0 Å². The molecule has 1 aliphatic rings. The fraction of sp³-hybridized carbons (Fsp3) is 0.208. The van der Waals surface area contributed by atoms with Crippen molar-refractivity contribution < 1.29 is 4.58 Å². The van der Waals surface area contributed by atoms with Crippen LogP contribution in [0.25, 0.3) is 5.57 Å². The maximum absolute atomic E-state index is 6.55. The molecule has 0 fully saturated rings. The summed E-state index contributed by atoms with van der Waals surface area (Å²) in [6.07, 6.45) is 8.64. The first-order chi connectivity index (χ1) is 12.5. The fourth-order valence-corrected chi connectivity index (χ4v) is 3.33. The van der Waals surface area contributed by atoms with Crippen molar-refractivity contribution in [3.05, 3.63) is 100 Å². The van der Waals surface area contributed by atoms with Crippen LogP contribution >= 0.6 is 11.6 Å². The third-order valence-corrected chi connectivity index (χ3v) is 5.01. The van der Waals surface area contributed by atoms with Gasteiger partial charge in [0.15, 0.2) is 5.71 Å². The molecule has 0 unspecified atom stereocenters. The zero-order chi connectivity index (χ0) is 18.7. The molecule has 0 radical (unpaired) electrons. The van der Waals surface area contributed by atoms with Crippen LogP contribution in [0, 0.1) is 0 Å². The van der Waals surface area contributed by atoms with Gasteiger partial charge in [0.05, 0.1) is 0 Å². The van der Waals surface area contributed by atoms with Crippen molar-refractivity contribution in [2.45, 2.75) is 19.8 Å². The normalized spacial score (nSPS) is 13.5. The standard InChI is InChI=1S/C24H25ClN/c1-17(2)18-9-11-19(12-10-18)24(22-7-5-6-8-23(22)25)20-13-15-21(16-14-20)26(3)4/h5-17H,1-4H3/q+1. The Morgan fingerprint density at radius 2 is 1.46 bits per heavy atom. The summed E-state index contributed by atoms with van der Waals surface area (Å²) in [5, 5.41) is 0.770. The van der Waals surface area contributed by atoms with Gasteiger partial charge in [-0.1, -0.05) is 67.9 Å². The van der Waals surface area contributed by atoms with Crippen molar-refractivity contribution in [1.29, 1.82) is 0 Å².